The Bertz CT molecular complexity index is 1150. The Kier molecular flexibility index (Phi) is 4.48. The number of amides is 1. The minimum absolute atomic E-state index is 0.147. The molecule has 0 bridgehead atoms. The van der Waals surface area contributed by atoms with Gasteiger partial charge >= 0.3 is 0 Å². The van der Waals surface area contributed by atoms with Crippen molar-refractivity contribution in [1.82, 2.24) is 0 Å². The van der Waals surface area contributed by atoms with E-state index in [1.807, 2.05) is 6.07 Å². The van der Waals surface area contributed by atoms with Crippen molar-refractivity contribution in [2.75, 3.05) is 5.32 Å². The first-order valence-corrected chi connectivity index (χ1v) is 8.69. The number of furan rings is 1. The first-order chi connectivity index (χ1) is 13.1. The third-order valence-corrected chi connectivity index (χ3v) is 4.39. The van der Waals surface area contributed by atoms with E-state index in [0.717, 1.165) is 5.39 Å². The maximum atomic E-state index is 12.8. The Morgan fingerprint density at radius 3 is 2.41 bits per heavy atom. The maximum Gasteiger partial charge on any atom is 0.291 e. The highest BCUT2D eigenvalue weighted by atomic mass is 35.5. The summed E-state index contributed by atoms with van der Waals surface area (Å²) in [4.78, 5) is 25.4. The number of carbonyl (C=O) groups excluding carboxylic acids is 2. The molecule has 0 atom stereocenters. The molecule has 0 aliphatic carbocycles. The van der Waals surface area contributed by atoms with Crippen LogP contribution in [0.25, 0.3) is 11.0 Å². The Labute approximate surface area is 160 Å². The predicted octanol–water partition coefficient (Wildman–Crippen LogP) is 5.57. The fourth-order valence-electron chi connectivity index (χ4n) is 2.85. The van der Waals surface area contributed by atoms with Gasteiger partial charge in [0.15, 0.2) is 11.5 Å². The SMILES string of the molecule is O=C(Nc1ccccc1C(=O)c1ccccc1)c1cc2cc(Cl)ccc2o1. The van der Waals surface area contributed by atoms with E-state index in [1.54, 1.807) is 72.8 Å². The first kappa shape index (κ1) is 17.1. The van der Waals surface area contributed by atoms with Gasteiger partial charge in [-0.2, -0.15) is 0 Å². The average molecular weight is 376 g/mol. The number of fused-ring (bicyclic) bond motifs is 1. The van der Waals surface area contributed by atoms with Crippen LogP contribution in [0, 0.1) is 0 Å². The van der Waals surface area contributed by atoms with Crippen LogP contribution in [0.1, 0.15) is 26.5 Å². The van der Waals surface area contributed by atoms with E-state index in [4.69, 9.17) is 16.0 Å². The van der Waals surface area contributed by atoms with Crippen LogP contribution in [-0.4, -0.2) is 11.7 Å². The zero-order chi connectivity index (χ0) is 18.8. The van der Waals surface area contributed by atoms with E-state index in [2.05, 4.69) is 5.32 Å². The minimum atomic E-state index is -0.435. The summed E-state index contributed by atoms with van der Waals surface area (Å²) in [6, 6.07) is 22.6. The van der Waals surface area contributed by atoms with Crippen molar-refractivity contribution in [2.45, 2.75) is 0 Å². The lowest BCUT2D eigenvalue weighted by Gasteiger charge is -2.09. The molecule has 5 heteroatoms. The van der Waals surface area contributed by atoms with Gasteiger partial charge in [0.25, 0.3) is 5.91 Å². The molecule has 132 valence electrons. The molecule has 1 heterocycles. The summed E-state index contributed by atoms with van der Waals surface area (Å²) < 4.78 is 5.59. The highest BCUT2D eigenvalue weighted by Gasteiger charge is 2.17. The van der Waals surface area contributed by atoms with Crippen LogP contribution in [0.4, 0.5) is 5.69 Å². The number of para-hydroxylation sites is 1. The van der Waals surface area contributed by atoms with E-state index < -0.39 is 5.91 Å². The molecular formula is C22H14ClNO3. The number of rotatable bonds is 4. The second kappa shape index (κ2) is 7.09. The molecule has 0 saturated carbocycles. The van der Waals surface area contributed by atoms with Crippen molar-refractivity contribution in [3.05, 3.63) is 101 Å². The fraction of sp³-hybridized carbons (Fsp3) is 0. The molecule has 4 aromatic rings. The van der Waals surface area contributed by atoms with Gasteiger partial charge in [0.2, 0.25) is 0 Å². The second-order valence-corrected chi connectivity index (χ2v) is 6.42. The van der Waals surface area contributed by atoms with Crippen molar-refractivity contribution in [3.63, 3.8) is 0 Å². The Morgan fingerprint density at radius 2 is 1.59 bits per heavy atom. The largest absolute Gasteiger partial charge is 0.451 e. The summed E-state index contributed by atoms with van der Waals surface area (Å²) in [6.45, 7) is 0. The van der Waals surface area contributed by atoms with Crippen molar-refractivity contribution < 1.29 is 14.0 Å². The zero-order valence-electron chi connectivity index (χ0n) is 14.1. The number of hydrogen-bond acceptors (Lipinski definition) is 3. The summed E-state index contributed by atoms with van der Waals surface area (Å²) in [7, 11) is 0. The van der Waals surface area contributed by atoms with Crippen LogP contribution < -0.4 is 5.32 Å². The van der Waals surface area contributed by atoms with Crippen LogP contribution >= 0.6 is 11.6 Å². The average Bonchev–Trinajstić information content (AvgIpc) is 3.12. The maximum absolute atomic E-state index is 12.8. The molecule has 1 aromatic heterocycles. The van der Waals surface area contributed by atoms with E-state index >= 15 is 0 Å². The number of benzene rings is 3. The molecule has 0 radical (unpaired) electrons. The molecule has 4 nitrogen and oxygen atoms in total. The van der Waals surface area contributed by atoms with Gasteiger partial charge in [-0.15, -0.1) is 0 Å². The van der Waals surface area contributed by atoms with Crippen LogP contribution in [0.2, 0.25) is 5.02 Å². The van der Waals surface area contributed by atoms with Gasteiger partial charge in [0, 0.05) is 21.5 Å². The first-order valence-electron chi connectivity index (χ1n) is 8.31. The highest BCUT2D eigenvalue weighted by Crippen LogP contribution is 2.25. The molecule has 4 rings (SSSR count). The summed E-state index contributed by atoms with van der Waals surface area (Å²) in [5, 5.41) is 4.07. The summed E-state index contributed by atoms with van der Waals surface area (Å²) in [5.74, 6) is -0.451. The lowest BCUT2D eigenvalue weighted by atomic mass is 10.0. The van der Waals surface area contributed by atoms with Gasteiger partial charge in [0.05, 0.1) is 5.69 Å². The molecule has 1 amide bonds. The fourth-order valence-corrected chi connectivity index (χ4v) is 3.03. The molecule has 0 spiro atoms. The summed E-state index contributed by atoms with van der Waals surface area (Å²) >= 11 is 5.97. The normalized spacial score (nSPS) is 10.7. The smallest absolute Gasteiger partial charge is 0.291 e. The number of anilines is 1. The molecule has 27 heavy (non-hydrogen) atoms. The van der Waals surface area contributed by atoms with Crippen molar-refractivity contribution >= 4 is 39.9 Å². The van der Waals surface area contributed by atoms with Crippen LogP contribution in [0.15, 0.2) is 83.3 Å². The Balaban J connectivity index is 1.64. The molecule has 3 aromatic carbocycles. The number of carbonyl (C=O) groups is 2. The second-order valence-electron chi connectivity index (χ2n) is 5.99. The Morgan fingerprint density at radius 1 is 0.852 bits per heavy atom. The minimum Gasteiger partial charge on any atom is -0.451 e. The van der Waals surface area contributed by atoms with Crippen molar-refractivity contribution in [2.24, 2.45) is 0 Å². The third kappa shape index (κ3) is 3.48. The number of nitrogens with one attached hydrogen (secondary N) is 1. The number of ketones is 1. The Hall–Kier alpha value is -3.37. The zero-order valence-corrected chi connectivity index (χ0v) is 14.9. The van der Waals surface area contributed by atoms with Crippen LogP contribution in [-0.2, 0) is 0 Å². The summed E-state index contributed by atoms with van der Waals surface area (Å²) in [6.07, 6.45) is 0. The molecule has 1 N–H and O–H groups in total. The van der Waals surface area contributed by atoms with Crippen LogP contribution in [0.3, 0.4) is 0 Å². The standard InChI is InChI=1S/C22H14ClNO3/c23-16-10-11-19-15(12-16)13-20(27-19)22(26)24-18-9-5-4-8-17(18)21(25)14-6-2-1-3-7-14/h1-13H,(H,24,26). The summed E-state index contributed by atoms with van der Waals surface area (Å²) in [5.41, 5.74) is 1.96. The molecule has 0 unspecified atom stereocenters. The van der Waals surface area contributed by atoms with Gasteiger partial charge in [-0.1, -0.05) is 54.1 Å². The predicted molar refractivity (Wildman–Crippen MR) is 105 cm³/mol. The van der Waals surface area contributed by atoms with Gasteiger partial charge < -0.3 is 9.73 Å². The highest BCUT2D eigenvalue weighted by molar-refractivity contribution is 6.31. The lowest BCUT2D eigenvalue weighted by Crippen LogP contribution is -2.14. The van der Waals surface area contributed by atoms with Crippen LogP contribution in [0.5, 0.6) is 0 Å². The van der Waals surface area contributed by atoms with Gasteiger partial charge in [0.1, 0.15) is 5.58 Å². The van der Waals surface area contributed by atoms with Gasteiger partial charge in [-0.25, -0.2) is 0 Å². The molecule has 0 aliphatic heterocycles. The van der Waals surface area contributed by atoms with E-state index in [0.29, 0.717) is 27.4 Å². The van der Waals surface area contributed by atoms with E-state index in [-0.39, 0.29) is 11.5 Å². The van der Waals surface area contributed by atoms with Crippen molar-refractivity contribution in [3.8, 4) is 0 Å². The third-order valence-electron chi connectivity index (χ3n) is 4.16. The van der Waals surface area contributed by atoms with E-state index in [9.17, 15) is 9.59 Å². The van der Waals surface area contributed by atoms with E-state index in [1.165, 1.54) is 0 Å². The quantitative estimate of drug-likeness (QED) is 0.474. The lowest BCUT2D eigenvalue weighted by molar-refractivity contribution is 0.0998. The molecule has 0 aliphatic rings. The number of hydrogen-bond donors (Lipinski definition) is 1. The van der Waals surface area contributed by atoms with Gasteiger partial charge in [-0.3, -0.25) is 9.59 Å². The monoisotopic (exact) mass is 375 g/mol. The topological polar surface area (TPSA) is 59.3 Å². The molecule has 0 saturated heterocycles. The molecule has 0 fully saturated rings. The van der Waals surface area contributed by atoms with Gasteiger partial charge in [-0.05, 0) is 36.4 Å². The van der Waals surface area contributed by atoms with Crippen molar-refractivity contribution in [1.29, 1.82) is 0 Å². The number of halogens is 1. The molecular weight excluding hydrogens is 362 g/mol.